The van der Waals surface area contributed by atoms with Crippen LogP contribution < -0.4 is 10.6 Å². The molecule has 174 valence electrons. The molecule has 0 spiro atoms. The number of aryl methyl sites for hydroxylation is 1. The first-order valence-corrected chi connectivity index (χ1v) is 10.9. The standard InChI is InChI=1S/C22H37N5O4/c1-8-27-14-16(13-23-27)24-18(28)15-9-11-26(12-10-15)19(29)17(21(2,3)4)25-20(30)31-22(5,6)7/h13-15,17H,8-12H2,1-7H3,(H,24,28)(H,25,30)/t17-/m1/s1. The van der Waals surface area contributed by atoms with Gasteiger partial charge in [0, 0.05) is 31.7 Å². The summed E-state index contributed by atoms with van der Waals surface area (Å²) in [5, 5.41) is 9.81. The normalized spacial score (nSPS) is 16.5. The van der Waals surface area contributed by atoms with Gasteiger partial charge in [-0.15, -0.1) is 0 Å². The number of nitrogens with one attached hydrogen (secondary N) is 2. The van der Waals surface area contributed by atoms with Crippen molar-refractivity contribution >= 4 is 23.6 Å². The summed E-state index contributed by atoms with van der Waals surface area (Å²) in [6, 6.07) is -0.715. The van der Waals surface area contributed by atoms with Crippen LogP contribution in [-0.2, 0) is 20.9 Å². The van der Waals surface area contributed by atoms with Gasteiger partial charge in [0.2, 0.25) is 11.8 Å². The van der Waals surface area contributed by atoms with Crippen molar-refractivity contribution in [3.63, 3.8) is 0 Å². The summed E-state index contributed by atoms with van der Waals surface area (Å²) in [5.74, 6) is -0.371. The molecular weight excluding hydrogens is 398 g/mol. The third kappa shape index (κ3) is 7.25. The van der Waals surface area contributed by atoms with Gasteiger partial charge in [-0.2, -0.15) is 5.10 Å². The Morgan fingerprint density at radius 2 is 1.77 bits per heavy atom. The Morgan fingerprint density at radius 3 is 2.26 bits per heavy atom. The summed E-state index contributed by atoms with van der Waals surface area (Å²) < 4.78 is 7.09. The van der Waals surface area contributed by atoms with E-state index in [-0.39, 0.29) is 17.7 Å². The fraction of sp³-hybridized carbons (Fsp3) is 0.727. The number of piperidine rings is 1. The van der Waals surface area contributed by atoms with E-state index in [1.54, 1.807) is 42.7 Å². The quantitative estimate of drug-likeness (QED) is 0.740. The number of hydrogen-bond donors (Lipinski definition) is 2. The molecule has 2 rings (SSSR count). The maximum absolute atomic E-state index is 13.2. The van der Waals surface area contributed by atoms with E-state index in [2.05, 4.69) is 15.7 Å². The molecule has 2 heterocycles. The summed E-state index contributed by atoms with van der Waals surface area (Å²) >= 11 is 0. The highest BCUT2D eigenvalue weighted by Crippen LogP contribution is 2.25. The number of ether oxygens (including phenoxy) is 1. The Kier molecular flexibility index (Phi) is 7.72. The lowest BCUT2D eigenvalue weighted by Gasteiger charge is -2.38. The third-order valence-corrected chi connectivity index (χ3v) is 5.18. The van der Waals surface area contributed by atoms with Crippen LogP contribution in [0.15, 0.2) is 12.4 Å². The number of carbonyl (C=O) groups is 3. The minimum absolute atomic E-state index is 0.0537. The molecule has 2 N–H and O–H groups in total. The second kappa shape index (κ2) is 9.70. The van der Waals surface area contributed by atoms with Gasteiger partial charge in [0.1, 0.15) is 11.6 Å². The van der Waals surface area contributed by atoms with Gasteiger partial charge in [0.25, 0.3) is 0 Å². The van der Waals surface area contributed by atoms with Crippen molar-refractivity contribution in [2.45, 2.75) is 79.5 Å². The summed E-state index contributed by atoms with van der Waals surface area (Å²) in [6.07, 6.45) is 3.97. The molecule has 0 aromatic carbocycles. The van der Waals surface area contributed by atoms with E-state index in [1.165, 1.54) is 0 Å². The first-order valence-electron chi connectivity index (χ1n) is 10.9. The summed E-state index contributed by atoms with van der Waals surface area (Å²) in [6.45, 7) is 14.7. The van der Waals surface area contributed by atoms with E-state index >= 15 is 0 Å². The molecule has 31 heavy (non-hydrogen) atoms. The average molecular weight is 436 g/mol. The Hall–Kier alpha value is -2.58. The highest BCUT2D eigenvalue weighted by molar-refractivity contribution is 5.92. The fourth-order valence-electron chi connectivity index (χ4n) is 3.46. The summed E-state index contributed by atoms with van der Waals surface area (Å²) in [4.78, 5) is 39.8. The number of rotatable bonds is 5. The van der Waals surface area contributed by atoms with Crippen LogP contribution in [0.25, 0.3) is 0 Å². The van der Waals surface area contributed by atoms with Gasteiger partial charge in [0.05, 0.1) is 11.9 Å². The zero-order valence-electron chi connectivity index (χ0n) is 19.8. The molecule has 0 bridgehead atoms. The Labute approximate surface area is 184 Å². The average Bonchev–Trinajstić information content (AvgIpc) is 3.11. The van der Waals surface area contributed by atoms with E-state index in [4.69, 9.17) is 4.74 Å². The molecule has 9 heteroatoms. The first-order chi connectivity index (χ1) is 14.3. The monoisotopic (exact) mass is 435 g/mol. The third-order valence-electron chi connectivity index (χ3n) is 5.18. The van der Waals surface area contributed by atoms with Gasteiger partial charge in [0.15, 0.2) is 0 Å². The second-order valence-corrected chi connectivity index (χ2v) is 10.1. The number of carbonyl (C=O) groups excluding carboxylic acids is 3. The second-order valence-electron chi connectivity index (χ2n) is 10.1. The smallest absolute Gasteiger partial charge is 0.408 e. The van der Waals surface area contributed by atoms with Crippen molar-refractivity contribution in [1.82, 2.24) is 20.0 Å². The number of likely N-dealkylation sites (tertiary alicyclic amines) is 1. The van der Waals surface area contributed by atoms with Crippen molar-refractivity contribution in [1.29, 1.82) is 0 Å². The molecule has 0 unspecified atom stereocenters. The van der Waals surface area contributed by atoms with E-state index < -0.39 is 23.2 Å². The molecule has 0 radical (unpaired) electrons. The van der Waals surface area contributed by atoms with Crippen LogP contribution in [0.2, 0.25) is 0 Å². The van der Waals surface area contributed by atoms with Crippen molar-refractivity contribution in [3.8, 4) is 0 Å². The number of hydrogen-bond acceptors (Lipinski definition) is 5. The molecule has 9 nitrogen and oxygen atoms in total. The van der Waals surface area contributed by atoms with Crippen LogP contribution in [0.5, 0.6) is 0 Å². The van der Waals surface area contributed by atoms with E-state index in [0.717, 1.165) is 6.54 Å². The molecule has 1 saturated heterocycles. The maximum atomic E-state index is 13.2. The summed E-state index contributed by atoms with van der Waals surface area (Å²) in [5.41, 5.74) is -0.448. The van der Waals surface area contributed by atoms with Crippen molar-refractivity contribution in [3.05, 3.63) is 12.4 Å². The molecule has 1 aromatic heterocycles. The van der Waals surface area contributed by atoms with Gasteiger partial charge in [-0.25, -0.2) is 4.79 Å². The first kappa shape index (κ1) is 24.7. The lowest BCUT2D eigenvalue weighted by Crippen LogP contribution is -2.57. The SMILES string of the molecule is CCn1cc(NC(=O)C2CCN(C(=O)[C@@H](NC(=O)OC(C)(C)C)C(C)(C)C)CC2)cn1. The lowest BCUT2D eigenvalue weighted by atomic mass is 9.85. The Morgan fingerprint density at radius 1 is 1.16 bits per heavy atom. The largest absolute Gasteiger partial charge is 0.444 e. The van der Waals surface area contributed by atoms with E-state index in [9.17, 15) is 14.4 Å². The zero-order valence-corrected chi connectivity index (χ0v) is 19.8. The Bertz CT molecular complexity index is 783. The van der Waals surface area contributed by atoms with Gasteiger partial charge >= 0.3 is 6.09 Å². The maximum Gasteiger partial charge on any atom is 0.408 e. The lowest BCUT2D eigenvalue weighted by molar-refractivity contribution is -0.139. The predicted molar refractivity (Wildman–Crippen MR) is 118 cm³/mol. The molecule has 0 saturated carbocycles. The molecule has 1 aliphatic heterocycles. The summed E-state index contributed by atoms with van der Waals surface area (Å²) in [7, 11) is 0. The van der Waals surface area contributed by atoms with Crippen molar-refractivity contribution in [2.75, 3.05) is 18.4 Å². The van der Waals surface area contributed by atoms with Gasteiger partial charge in [-0.3, -0.25) is 14.3 Å². The number of alkyl carbamates (subject to hydrolysis) is 1. The van der Waals surface area contributed by atoms with Crippen molar-refractivity contribution < 1.29 is 19.1 Å². The van der Waals surface area contributed by atoms with E-state index in [1.807, 2.05) is 27.7 Å². The minimum atomic E-state index is -0.715. The zero-order chi connectivity index (χ0) is 23.4. The topological polar surface area (TPSA) is 106 Å². The number of anilines is 1. The highest BCUT2D eigenvalue weighted by atomic mass is 16.6. The van der Waals surface area contributed by atoms with Crippen molar-refractivity contribution in [2.24, 2.45) is 11.3 Å². The van der Waals surface area contributed by atoms with Crippen LogP contribution in [0.4, 0.5) is 10.5 Å². The van der Waals surface area contributed by atoms with Crippen LogP contribution in [0.3, 0.4) is 0 Å². The van der Waals surface area contributed by atoms with Crippen LogP contribution in [-0.4, -0.2) is 57.3 Å². The number of nitrogens with zero attached hydrogens (tertiary/aromatic N) is 3. The van der Waals surface area contributed by atoms with Crippen LogP contribution >= 0.6 is 0 Å². The molecular formula is C22H37N5O4. The predicted octanol–water partition coefficient (Wildman–Crippen LogP) is 3.02. The molecule has 0 aliphatic carbocycles. The van der Waals surface area contributed by atoms with Crippen LogP contribution in [0, 0.1) is 11.3 Å². The molecule has 1 fully saturated rings. The number of aromatic nitrogens is 2. The van der Waals surface area contributed by atoms with Gasteiger partial charge in [-0.1, -0.05) is 20.8 Å². The van der Waals surface area contributed by atoms with E-state index in [0.29, 0.717) is 31.6 Å². The minimum Gasteiger partial charge on any atom is -0.444 e. The molecule has 1 atom stereocenters. The molecule has 1 aromatic rings. The molecule has 1 aliphatic rings. The number of amides is 3. The Balaban J connectivity index is 1.94. The van der Waals surface area contributed by atoms with Gasteiger partial charge in [-0.05, 0) is 46.0 Å². The van der Waals surface area contributed by atoms with Gasteiger partial charge < -0.3 is 20.3 Å². The van der Waals surface area contributed by atoms with Crippen LogP contribution in [0.1, 0.15) is 61.3 Å². The fourth-order valence-corrected chi connectivity index (χ4v) is 3.46. The molecule has 3 amide bonds. The highest BCUT2D eigenvalue weighted by Gasteiger charge is 2.38.